The standard InChI is InChI=1S/C16H21BrN4O2/c17-12-3-4-14(19-10-12)20-15(22)11-5-8-21(9-6-11)16(23)13-2-1-7-18-13/h3-4,10-11,13,18H,1-2,5-9H2,(H,19,20,22). The Labute approximate surface area is 144 Å². The largest absolute Gasteiger partial charge is 0.341 e. The zero-order valence-corrected chi connectivity index (χ0v) is 14.5. The summed E-state index contributed by atoms with van der Waals surface area (Å²) < 4.78 is 0.878. The minimum absolute atomic E-state index is 0.00841. The van der Waals surface area contributed by atoms with Crippen molar-refractivity contribution in [2.75, 3.05) is 25.0 Å². The maximum absolute atomic E-state index is 12.3. The SMILES string of the molecule is O=C(Nc1ccc(Br)cn1)C1CCN(C(=O)C2CCCN2)CC1. The number of anilines is 1. The molecule has 3 rings (SSSR count). The minimum Gasteiger partial charge on any atom is -0.341 e. The van der Waals surface area contributed by atoms with E-state index >= 15 is 0 Å². The molecule has 0 spiro atoms. The molecule has 2 aliphatic rings. The van der Waals surface area contributed by atoms with Crippen molar-refractivity contribution >= 4 is 33.6 Å². The minimum atomic E-state index is -0.0546. The number of piperidine rings is 1. The number of hydrogen-bond acceptors (Lipinski definition) is 4. The fraction of sp³-hybridized carbons (Fsp3) is 0.562. The molecule has 1 atom stereocenters. The van der Waals surface area contributed by atoms with E-state index < -0.39 is 0 Å². The van der Waals surface area contributed by atoms with E-state index in [0.29, 0.717) is 31.7 Å². The highest BCUT2D eigenvalue weighted by Gasteiger charge is 2.31. The predicted octanol–water partition coefficient (Wildman–Crippen LogP) is 1.77. The third kappa shape index (κ3) is 4.09. The summed E-state index contributed by atoms with van der Waals surface area (Å²) in [5, 5.41) is 6.09. The van der Waals surface area contributed by atoms with Crippen LogP contribution in [0.5, 0.6) is 0 Å². The summed E-state index contributed by atoms with van der Waals surface area (Å²) in [4.78, 5) is 30.7. The summed E-state index contributed by atoms with van der Waals surface area (Å²) in [6.45, 7) is 2.24. The summed E-state index contributed by atoms with van der Waals surface area (Å²) >= 11 is 3.32. The Bertz CT molecular complexity index is 564. The molecule has 2 saturated heterocycles. The van der Waals surface area contributed by atoms with Crippen molar-refractivity contribution in [2.24, 2.45) is 5.92 Å². The smallest absolute Gasteiger partial charge is 0.239 e. The molecule has 0 bridgehead atoms. The Balaban J connectivity index is 1.49. The van der Waals surface area contributed by atoms with Crippen LogP contribution in [0.25, 0.3) is 0 Å². The van der Waals surface area contributed by atoms with Gasteiger partial charge in [0.05, 0.1) is 6.04 Å². The van der Waals surface area contributed by atoms with E-state index in [1.807, 2.05) is 11.0 Å². The van der Waals surface area contributed by atoms with Gasteiger partial charge in [0.1, 0.15) is 5.82 Å². The number of aromatic nitrogens is 1. The lowest BCUT2D eigenvalue weighted by molar-refractivity contribution is -0.136. The number of likely N-dealkylation sites (tertiary alicyclic amines) is 1. The summed E-state index contributed by atoms with van der Waals surface area (Å²) in [6.07, 6.45) is 5.07. The highest BCUT2D eigenvalue weighted by atomic mass is 79.9. The first-order valence-corrected chi connectivity index (χ1v) is 8.87. The van der Waals surface area contributed by atoms with Crippen LogP contribution in [0, 0.1) is 5.92 Å². The van der Waals surface area contributed by atoms with E-state index in [1.165, 1.54) is 0 Å². The second-order valence-corrected chi connectivity index (χ2v) is 7.02. The van der Waals surface area contributed by atoms with Gasteiger partial charge < -0.3 is 15.5 Å². The van der Waals surface area contributed by atoms with E-state index in [-0.39, 0.29) is 23.8 Å². The van der Waals surface area contributed by atoms with Crippen molar-refractivity contribution < 1.29 is 9.59 Å². The van der Waals surface area contributed by atoms with Gasteiger partial charge in [0.25, 0.3) is 0 Å². The van der Waals surface area contributed by atoms with Crippen molar-refractivity contribution in [3.63, 3.8) is 0 Å². The van der Waals surface area contributed by atoms with Crippen molar-refractivity contribution in [1.29, 1.82) is 0 Å². The fourth-order valence-electron chi connectivity index (χ4n) is 3.16. The first-order chi connectivity index (χ1) is 11.1. The first kappa shape index (κ1) is 16.4. The third-order valence-electron chi connectivity index (χ3n) is 4.51. The van der Waals surface area contributed by atoms with Crippen LogP contribution in [0.2, 0.25) is 0 Å². The number of amides is 2. The molecule has 2 amide bonds. The van der Waals surface area contributed by atoms with Crippen molar-refractivity contribution in [1.82, 2.24) is 15.2 Å². The van der Waals surface area contributed by atoms with Gasteiger partial charge in [-0.3, -0.25) is 9.59 Å². The van der Waals surface area contributed by atoms with E-state index in [1.54, 1.807) is 12.3 Å². The molecule has 2 fully saturated rings. The molecule has 2 N–H and O–H groups in total. The van der Waals surface area contributed by atoms with Crippen molar-refractivity contribution in [3.05, 3.63) is 22.8 Å². The molecule has 1 aromatic rings. The lowest BCUT2D eigenvalue weighted by atomic mass is 9.95. The van der Waals surface area contributed by atoms with Gasteiger partial charge in [-0.1, -0.05) is 0 Å². The molecule has 0 saturated carbocycles. The van der Waals surface area contributed by atoms with Gasteiger partial charge in [0.2, 0.25) is 11.8 Å². The second-order valence-electron chi connectivity index (χ2n) is 6.10. The van der Waals surface area contributed by atoms with Crippen LogP contribution < -0.4 is 10.6 Å². The average molecular weight is 381 g/mol. The zero-order chi connectivity index (χ0) is 16.2. The number of pyridine rings is 1. The van der Waals surface area contributed by atoms with Gasteiger partial charge in [-0.25, -0.2) is 4.98 Å². The van der Waals surface area contributed by atoms with Crippen LogP contribution in [-0.2, 0) is 9.59 Å². The van der Waals surface area contributed by atoms with Crippen molar-refractivity contribution in [2.45, 2.75) is 31.7 Å². The normalized spacial score (nSPS) is 22.1. The predicted molar refractivity (Wildman–Crippen MR) is 90.9 cm³/mol. The van der Waals surface area contributed by atoms with Gasteiger partial charge in [-0.15, -0.1) is 0 Å². The highest BCUT2D eigenvalue weighted by molar-refractivity contribution is 9.10. The van der Waals surface area contributed by atoms with Crippen LogP contribution in [-0.4, -0.2) is 47.4 Å². The third-order valence-corrected chi connectivity index (χ3v) is 4.98. The summed E-state index contributed by atoms with van der Waals surface area (Å²) in [5.41, 5.74) is 0. The van der Waals surface area contributed by atoms with Gasteiger partial charge in [0, 0.05) is 29.7 Å². The fourth-order valence-corrected chi connectivity index (χ4v) is 3.39. The first-order valence-electron chi connectivity index (χ1n) is 8.08. The number of halogens is 1. The summed E-state index contributed by atoms with van der Waals surface area (Å²) in [6, 6.07) is 3.59. The highest BCUT2D eigenvalue weighted by Crippen LogP contribution is 2.21. The lowest BCUT2D eigenvalue weighted by Gasteiger charge is -2.32. The Hall–Kier alpha value is -1.47. The molecule has 124 valence electrons. The molecule has 2 aliphatic heterocycles. The van der Waals surface area contributed by atoms with E-state index in [0.717, 1.165) is 23.9 Å². The molecular weight excluding hydrogens is 360 g/mol. The molecule has 6 nitrogen and oxygen atoms in total. The molecule has 1 unspecified atom stereocenters. The maximum Gasteiger partial charge on any atom is 0.239 e. The van der Waals surface area contributed by atoms with Crippen molar-refractivity contribution in [3.8, 4) is 0 Å². The van der Waals surface area contributed by atoms with Crippen LogP contribution in [0.15, 0.2) is 22.8 Å². The molecular formula is C16H21BrN4O2. The Morgan fingerprint density at radius 2 is 2.04 bits per heavy atom. The Morgan fingerprint density at radius 3 is 2.65 bits per heavy atom. The van der Waals surface area contributed by atoms with Gasteiger partial charge in [-0.05, 0) is 60.3 Å². The van der Waals surface area contributed by atoms with E-state index in [2.05, 4.69) is 31.5 Å². The number of hydrogen-bond donors (Lipinski definition) is 2. The summed E-state index contributed by atoms with van der Waals surface area (Å²) in [5.74, 6) is 0.690. The molecule has 3 heterocycles. The molecule has 0 aromatic carbocycles. The number of carbonyl (C=O) groups excluding carboxylic acids is 2. The quantitative estimate of drug-likeness (QED) is 0.837. The maximum atomic E-state index is 12.3. The van der Waals surface area contributed by atoms with Crippen LogP contribution in [0.1, 0.15) is 25.7 Å². The Morgan fingerprint density at radius 1 is 1.26 bits per heavy atom. The van der Waals surface area contributed by atoms with Crippen LogP contribution in [0.3, 0.4) is 0 Å². The molecule has 7 heteroatoms. The monoisotopic (exact) mass is 380 g/mol. The van der Waals surface area contributed by atoms with Gasteiger partial charge in [-0.2, -0.15) is 0 Å². The zero-order valence-electron chi connectivity index (χ0n) is 12.9. The lowest BCUT2D eigenvalue weighted by Crippen LogP contribution is -2.48. The van der Waals surface area contributed by atoms with Gasteiger partial charge in [0.15, 0.2) is 0 Å². The second kappa shape index (κ2) is 7.40. The average Bonchev–Trinajstić information content (AvgIpc) is 3.11. The number of nitrogens with zero attached hydrogens (tertiary/aromatic N) is 2. The van der Waals surface area contributed by atoms with Gasteiger partial charge >= 0.3 is 0 Å². The molecule has 23 heavy (non-hydrogen) atoms. The van der Waals surface area contributed by atoms with Crippen LogP contribution >= 0.6 is 15.9 Å². The van der Waals surface area contributed by atoms with E-state index in [9.17, 15) is 9.59 Å². The summed E-state index contributed by atoms with van der Waals surface area (Å²) in [7, 11) is 0. The molecule has 0 aliphatic carbocycles. The topological polar surface area (TPSA) is 74.3 Å². The Kier molecular flexibility index (Phi) is 5.27. The molecule has 0 radical (unpaired) electrons. The number of rotatable bonds is 3. The molecule has 1 aromatic heterocycles. The number of nitrogens with one attached hydrogen (secondary N) is 2. The van der Waals surface area contributed by atoms with E-state index in [4.69, 9.17) is 0 Å². The van der Waals surface area contributed by atoms with Crippen LogP contribution in [0.4, 0.5) is 5.82 Å². The number of carbonyl (C=O) groups is 2.